The molecule has 234 valence electrons. The van der Waals surface area contributed by atoms with Crippen molar-refractivity contribution in [2.24, 2.45) is 13.5 Å². The predicted molar refractivity (Wildman–Crippen MR) is 103 cm³/mol. The van der Waals surface area contributed by atoms with Crippen LogP contribution in [-0.2, 0) is 22.6 Å². The van der Waals surface area contributed by atoms with Gasteiger partial charge in [0, 0.05) is 6.16 Å². The molecule has 0 saturated carbocycles. The minimum Gasteiger partial charge on any atom is -0.317 e. The zero-order valence-corrected chi connectivity index (χ0v) is 21.5. The Balaban J connectivity index is 4.07. The molecule has 1 unspecified atom stereocenters. The molecule has 8 nitrogen and oxygen atoms in total. The molecule has 1 atom stereocenters. The van der Waals surface area contributed by atoms with Crippen molar-refractivity contribution >= 4 is 22.8 Å². The molecule has 0 saturated heterocycles. The highest BCUT2D eigenvalue weighted by molar-refractivity contribution is 7.80. The molecule has 0 spiro atoms. The Hall–Kier alpha value is -0.560. The van der Waals surface area contributed by atoms with Gasteiger partial charge in [-0.2, -0.15) is 74.9 Å². The second-order valence-corrected chi connectivity index (χ2v) is 14.3. The molecule has 39 heavy (non-hydrogen) atoms. The van der Waals surface area contributed by atoms with Crippen LogP contribution in [0.1, 0.15) is 13.3 Å². The molecule has 0 aromatic rings. The largest absolute Gasteiger partial charge is 0.412 e. The quantitative estimate of drug-likeness (QED) is 0.152. The van der Waals surface area contributed by atoms with E-state index in [1.165, 1.54) is 0 Å². The minimum atomic E-state index is -5.76. The maximum atomic E-state index is 12.9. The Bertz CT molecular complexity index is 904. The monoisotopic (exact) mass is 673 g/mol. The molecule has 1 heterocycles. The second-order valence-electron chi connectivity index (χ2n) is 7.08. The van der Waals surface area contributed by atoms with Gasteiger partial charge in [0.25, 0.3) is 0 Å². The van der Waals surface area contributed by atoms with Crippen LogP contribution in [0.25, 0.3) is 0 Å². The molecule has 0 N–H and O–H groups in total. The van der Waals surface area contributed by atoms with Gasteiger partial charge in [-0.1, -0.05) is 6.92 Å². The van der Waals surface area contributed by atoms with Gasteiger partial charge < -0.3 is 4.52 Å². The number of rotatable bonds is 12. The van der Waals surface area contributed by atoms with E-state index in [1.807, 2.05) is 0 Å². The first kappa shape index (κ1) is 36.5. The summed E-state index contributed by atoms with van der Waals surface area (Å²) in [7, 11) is -16.5. The van der Waals surface area contributed by atoms with Crippen LogP contribution in [0, 0.1) is 0 Å². The lowest BCUT2D eigenvalue weighted by Gasteiger charge is -2.34. The smallest absolute Gasteiger partial charge is 0.317 e. The number of halogens is 15. The first-order chi connectivity index (χ1) is 17.2. The van der Waals surface area contributed by atoms with Gasteiger partial charge in [-0.15, -0.1) is 4.52 Å². The van der Waals surface area contributed by atoms with E-state index >= 15 is 0 Å². The predicted octanol–water partition coefficient (Wildman–Crippen LogP) is 9.23. The van der Waals surface area contributed by atoms with Crippen LogP contribution in [0.5, 0.6) is 0 Å². The third kappa shape index (κ3) is 14.8. The minimum absolute atomic E-state index is 0.407. The van der Waals surface area contributed by atoms with Crippen molar-refractivity contribution in [3.8, 4) is 0 Å². The molecule has 0 aromatic heterocycles. The standard InChI is InChI=1S/C13H17F15N3O5P3/c1-2-3-37(32-4-9(14,15)16)29-38(33-5-10(17,18)19,34-6-11(20,21)22)31-39(30-37,35-7-12(23,24)25)36-8-13(26,27)28/h2-8H2,1H3. The average Bonchev–Trinajstić information content (AvgIpc) is 2.70. The molecule has 0 aliphatic carbocycles. The second kappa shape index (κ2) is 12.8. The lowest BCUT2D eigenvalue weighted by Crippen LogP contribution is -2.22. The lowest BCUT2D eigenvalue weighted by molar-refractivity contribution is -0.163. The van der Waals surface area contributed by atoms with Crippen molar-refractivity contribution in [3.05, 3.63) is 0 Å². The van der Waals surface area contributed by atoms with E-state index in [9.17, 15) is 65.9 Å². The van der Waals surface area contributed by atoms with Gasteiger partial charge >= 0.3 is 46.2 Å². The first-order valence-electron chi connectivity index (χ1n) is 9.68. The molecular formula is C13H17F15N3O5P3. The highest BCUT2D eigenvalue weighted by atomic mass is 31.3. The van der Waals surface area contributed by atoms with Crippen molar-refractivity contribution in [3.63, 3.8) is 0 Å². The number of alkyl halides is 15. The normalized spacial score (nSPS) is 22.2. The summed E-state index contributed by atoms with van der Waals surface area (Å²) in [5, 5.41) is 0. The summed E-state index contributed by atoms with van der Waals surface area (Å²) in [5.74, 6) is 0. The van der Waals surface area contributed by atoms with Gasteiger partial charge in [0.05, 0.1) is 0 Å². The molecule has 1 aliphatic rings. The van der Waals surface area contributed by atoms with Crippen LogP contribution in [0.3, 0.4) is 0 Å². The maximum absolute atomic E-state index is 12.9. The molecule has 1 rings (SSSR count). The molecule has 0 fully saturated rings. The van der Waals surface area contributed by atoms with Crippen LogP contribution in [0.2, 0.25) is 0 Å². The Morgan fingerprint density at radius 2 is 0.718 bits per heavy atom. The van der Waals surface area contributed by atoms with Gasteiger partial charge in [0.15, 0.2) is 33.0 Å². The van der Waals surface area contributed by atoms with E-state index in [0.29, 0.717) is 0 Å². The summed E-state index contributed by atoms with van der Waals surface area (Å²) in [4.78, 5) is 0. The molecule has 0 aromatic carbocycles. The summed E-state index contributed by atoms with van der Waals surface area (Å²) < 4.78 is 224. The van der Waals surface area contributed by atoms with Gasteiger partial charge in [-0.3, -0.25) is 18.1 Å². The number of hydrogen-bond donors (Lipinski definition) is 0. The Morgan fingerprint density at radius 1 is 0.436 bits per heavy atom. The van der Waals surface area contributed by atoms with E-state index < -0.39 is 99.2 Å². The van der Waals surface area contributed by atoms with Crippen molar-refractivity contribution in [2.75, 3.05) is 39.2 Å². The van der Waals surface area contributed by atoms with Gasteiger partial charge in [0.2, 0.25) is 7.43 Å². The SMILES string of the molecule is CCCP1(OCC(F)(F)F)=NP(OCC(F)(F)F)(OCC(F)(F)F)=NP(OCC(F)(F)F)(OCC(F)(F)F)=N1. The van der Waals surface area contributed by atoms with E-state index in [1.54, 1.807) is 0 Å². The van der Waals surface area contributed by atoms with Crippen LogP contribution in [0.15, 0.2) is 13.5 Å². The zero-order chi connectivity index (χ0) is 30.6. The summed E-state index contributed by atoms with van der Waals surface area (Å²) in [6.07, 6.45) is -28.4. The number of nitrogens with zero attached hydrogens (tertiary/aromatic N) is 3. The summed E-state index contributed by atoms with van der Waals surface area (Å²) in [5.41, 5.74) is 0. The lowest BCUT2D eigenvalue weighted by atomic mass is 10.6. The van der Waals surface area contributed by atoms with Gasteiger partial charge in [-0.25, -0.2) is 0 Å². The Labute approximate surface area is 209 Å². The molecule has 26 heteroatoms. The summed E-state index contributed by atoms with van der Waals surface area (Å²) in [6.45, 7) is -11.7. The summed E-state index contributed by atoms with van der Waals surface area (Å²) in [6, 6.07) is 0. The van der Waals surface area contributed by atoms with E-state index in [0.717, 1.165) is 6.92 Å². The third-order valence-corrected chi connectivity index (χ3v) is 12.6. The van der Waals surface area contributed by atoms with Crippen LogP contribution in [0.4, 0.5) is 65.9 Å². The van der Waals surface area contributed by atoms with Crippen molar-refractivity contribution in [1.29, 1.82) is 0 Å². The van der Waals surface area contributed by atoms with Crippen LogP contribution in [-0.4, -0.2) is 70.1 Å². The fourth-order valence-corrected chi connectivity index (χ4v) is 12.8. The molecule has 0 amide bonds. The molecule has 0 bridgehead atoms. The molecule has 0 radical (unpaired) electrons. The van der Waals surface area contributed by atoms with Crippen LogP contribution >= 0.6 is 22.8 Å². The van der Waals surface area contributed by atoms with Crippen LogP contribution < -0.4 is 0 Å². The Morgan fingerprint density at radius 3 is 1.00 bits per heavy atom. The first-order valence-corrected chi connectivity index (χ1v) is 14.5. The highest BCUT2D eigenvalue weighted by Crippen LogP contribution is 2.80. The number of hydrogen-bond acceptors (Lipinski definition) is 8. The molecule has 1 aliphatic heterocycles. The zero-order valence-electron chi connectivity index (χ0n) is 18.8. The van der Waals surface area contributed by atoms with E-state index in [-0.39, 0.29) is 0 Å². The van der Waals surface area contributed by atoms with Crippen molar-refractivity contribution < 1.29 is 88.5 Å². The van der Waals surface area contributed by atoms with E-state index in [2.05, 4.69) is 36.2 Å². The average molecular weight is 673 g/mol. The fraction of sp³-hybridized carbons (Fsp3) is 1.00. The summed E-state index contributed by atoms with van der Waals surface area (Å²) >= 11 is 0. The maximum Gasteiger partial charge on any atom is 0.412 e. The van der Waals surface area contributed by atoms with E-state index in [4.69, 9.17) is 0 Å². The third-order valence-electron chi connectivity index (χ3n) is 3.27. The van der Waals surface area contributed by atoms with Crippen molar-refractivity contribution in [1.82, 2.24) is 0 Å². The highest BCUT2D eigenvalue weighted by Gasteiger charge is 2.48. The molecular weight excluding hydrogens is 656 g/mol. The Kier molecular flexibility index (Phi) is 11.9. The van der Waals surface area contributed by atoms with Crippen molar-refractivity contribution in [2.45, 2.75) is 44.2 Å². The topological polar surface area (TPSA) is 83.2 Å². The van der Waals surface area contributed by atoms with Gasteiger partial charge in [0.1, 0.15) is 0 Å². The van der Waals surface area contributed by atoms with Gasteiger partial charge in [-0.05, 0) is 6.42 Å². The fourth-order valence-electron chi connectivity index (χ4n) is 2.13.